The second-order valence-corrected chi connectivity index (χ2v) is 7.34. The van der Waals surface area contributed by atoms with Gasteiger partial charge in [0.2, 0.25) is 10.0 Å². The average molecular weight is 379 g/mol. The first-order valence-corrected chi connectivity index (χ1v) is 8.88. The van der Waals surface area contributed by atoms with Crippen molar-refractivity contribution >= 4 is 38.7 Å². The first kappa shape index (κ1) is 18.4. The molecule has 0 aromatic heterocycles. The van der Waals surface area contributed by atoms with E-state index in [0.29, 0.717) is 11.4 Å². The summed E-state index contributed by atoms with van der Waals surface area (Å²) < 4.78 is 64.4. The molecule has 0 aliphatic rings. The summed E-state index contributed by atoms with van der Waals surface area (Å²) in [7, 11) is -3.41. The summed E-state index contributed by atoms with van der Waals surface area (Å²) in [5, 5.41) is 2.64. The molecular formula is C15H14ClF3N2O2S. The van der Waals surface area contributed by atoms with Crippen LogP contribution in [0, 0.1) is 0 Å². The topological polar surface area (TPSA) is 58.2 Å². The Kier molecular flexibility index (Phi) is 5.29. The first-order chi connectivity index (χ1) is 11.1. The third-order valence-electron chi connectivity index (χ3n) is 3.10. The van der Waals surface area contributed by atoms with Crippen molar-refractivity contribution in [2.24, 2.45) is 0 Å². The SMILES string of the molecule is CCS(=O)(=O)Nc1ccc(Nc2ccc(Cl)cc2C(F)(F)F)cc1. The Bertz CT molecular complexity index is 822. The monoisotopic (exact) mass is 378 g/mol. The highest BCUT2D eigenvalue weighted by Crippen LogP contribution is 2.37. The second kappa shape index (κ2) is 6.90. The minimum Gasteiger partial charge on any atom is -0.355 e. The van der Waals surface area contributed by atoms with E-state index < -0.39 is 21.8 Å². The molecule has 0 aliphatic carbocycles. The number of alkyl halides is 3. The average Bonchev–Trinajstić information content (AvgIpc) is 2.50. The molecule has 0 saturated heterocycles. The van der Waals surface area contributed by atoms with Crippen LogP contribution < -0.4 is 10.0 Å². The van der Waals surface area contributed by atoms with Crippen LogP contribution in [-0.2, 0) is 16.2 Å². The Morgan fingerprint density at radius 3 is 2.17 bits per heavy atom. The zero-order valence-electron chi connectivity index (χ0n) is 12.5. The van der Waals surface area contributed by atoms with E-state index in [1.807, 2.05) is 0 Å². The largest absolute Gasteiger partial charge is 0.418 e. The van der Waals surface area contributed by atoms with Gasteiger partial charge in [0.05, 0.1) is 17.0 Å². The Hall–Kier alpha value is -1.93. The molecule has 9 heteroatoms. The van der Waals surface area contributed by atoms with Crippen LogP contribution in [0.5, 0.6) is 0 Å². The molecule has 130 valence electrons. The number of benzene rings is 2. The molecule has 24 heavy (non-hydrogen) atoms. The summed E-state index contributed by atoms with van der Waals surface area (Å²) in [6, 6.07) is 9.29. The van der Waals surface area contributed by atoms with E-state index in [2.05, 4.69) is 10.0 Å². The number of sulfonamides is 1. The van der Waals surface area contributed by atoms with Crippen molar-refractivity contribution in [2.75, 3.05) is 15.8 Å². The molecule has 2 aromatic rings. The van der Waals surface area contributed by atoms with Gasteiger partial charge in [0.25, 0.3) is 0 Å². The Morgan fingerprint density at radius 2 is 1.62 bits per heavy atom. The van der Waals surface area contributed by atoms with Crippen LogP contribution >= 0.6 is 11.6 Å². The van der Waals surface area contributed by atoms with Gasteiger partial charge in [-0.1, -0.05) is 11.6 Å². The van der Waals surface area contributed by atoms with E-state index in [1.165, 1.54) is 43.3 Å². The van der Waals surface area contributed by atoms with E-state index in [1.54, 1.807) is 0 Å². The highest BCUT2D eigenvalue weighted by molar-refractivity contribution is 7.92. The zero-order valence-corrected chi connectivity index (χ0v) is 14.1. The lowest BCUT2D eigenvalue weighted by Crippen LogP contribution is -2.14. The molecule has 0 heterocycles. The van der Waals surface area contributed by atoms with Crippen LogP contribution in [0.4, 0.5) is 30.2 Å². The lowest BCUT2D eigenvalue weighted by Gasteiger charge is -2.15. The predicted molar refractivity (Wildman–Crippen MR) is 89.3 cm³/mol. The highest BCUT2D eigenvalue weighted by Gasteiger charge is 2.33. The summed E-state index contributed by atoms with van der Waals surface area (Å²) in [6.07, 6.45) is -4.55. The standard InChI is InChI=1S/C15H14ClF3N2O2S/c1-2-24(22,23)21-12-6-4-11(5-7-12)20-14-8-3-10(16)9-13(14)15(17,18)19/h3-9,20-21H,2H2,1H3. The number of nitrogens with one attached hydrogen (secondary N) is 2. The van der Waals surface area contributed by atoms with Crippen molar-refractivity contribution in [1.82, 2.24) is 0 Å². The predicted octanol–water partition coefficient (Wildman–Crippen LogP) is 4.86. The lowest BCUT2D eigenvalue weighted by molar-refractivity contribution is -0.136. The molecule has 0 spiro atoms. The van der Waals surface area contributed by atoms with Crippen LogP contribution in [0.15, 0.2) is 42.5 Å². The third kappa shape index (κ3) is 4.78. The van der Waals surface area contributed by atoms with Gasteiger partial charge in [0, 0.05) is 16.4 Å². The number of hydrogen-bond donors (Lipinski definition) is 2. The molecule has 0 amide bonds. The summed E-state index contributed by atoms with van der Waals surface area (Å²) >= 11 is 5.63. The van der Waals surface area contributed by atoms with Crippen molar-refractivity contribution < 1.29 is 21.6 Å². The molecule has 0 bridgehead atoms. The highest BCUT2D eigenvalue weighted by atomic mass is 35.5. The number of hydrogen-bond acceptors (Lipinski definition) is 3. The fraction of sp³-hybridized carbons (Fsp3) is 0.200. The maximum atomic E-state index is 13.0. The van der Waals surface area contributed by atoms with E-state index in [0.717, 1.165) is 6.07 Å². The van der Waals surface area contributed by atoms with Crippen molar-refractivity contribution in [3.05, 3.63) is 53.1 Å². The van der Waals surface area contributed by atoms with Gasteiger partial charge in [0.1, 0.15) is 0 Å². The van der Waals surface area contributed by atoms with Gasteiger partial charge in [-0.3, -0.25) is 4.72 Å². The Morgan fingerprint density at radius 1 is 1.04 bits per heavy atom. The molecular weight excluding hydrogens is 365 g/mol. The fourth-order valence-corrected chi connectivity index (χ4v) is 2.70. The van der Waals surface area contributed by atoms with Gasteiger partial charge in [0.15, 0.2) is 0 Å². The fourth-order valence-electron chi connectivity index (χ4n) is 1.89. The quantitative estimate of drug-likeness (QED) is 0.780. The second-order valence-electron chi connectivity index (χ2n) is 4.90. The van der Waals surface area contributed by atoms with E-state index in [-0.39, 0.29) is 16.5 Å². The van der Waals surface area contributed by atoms with Gasteiger partial charge in [-0.25, -0.2) is 8.42 Å². The summed E-state index contributed by atoms with van der Waals surface area (Å²) in [5.74, 6) is -0.0767. The maximum absolute atomic E-state index is 13.0. The van der Waals surface area contributed by atoms with Gasteiger partial charge in [-0.05, 0) is 49.4 Å². The molecule has 0 fully saturated rings. The van der Waals surface area contributed by atoms with Crippen LogP contribution in [-0.4, -0.2) is 14.2 Å². The van der Waals surface area contributed by atoms with Gasteiger partial charge < -0.3 is 5.32 Å². The normalized spacial score (nSPS) is 12.0. The van der Waals surface area contributed by atoms with Crippen LogP contribution in [0.25, 0.3) is 0 Å². The molecule has 2 aromatic carbocycles. The molecule has 2 rings (SSSR count). The van der Waals surface area contributed by atoms with E-state index in [9.17, 15) is 21.6 Å². The lowest BCUT2D eigenvalue weighted by atomic mass is 10.1. The molecule has 0 saturated carbocycles. The molecule has 0 aliphatic heterocycles. The third-order valence-corrected chi connectivity index (χ3v) is 4.65. The molecule has 4 nitrogen and oxygen atoms in total. The van der Waals surface area contributed by atoms with Crippen LogP contribution in [0.1, 0.15) is 12.5 Å². The molecule has 0 atom stereocenters. The Labute approximate surface area is 142 Å². The minimum absolute atomic E-state index is 0.0165. The number of halogens is 4. The summed E-state index contributed by atoms with van der Waals surface area (Å²) in [6.45, 7) is 1.50. The van der Waals surface area contributed by atoms with Crippen molar-refractivity contribution in [1.29, 1.82) is 0 Å². The van der Waals surface area contributed by atoms with Crippen molar-refractivity contribution in [2.45, 2.75) is 13.1 Å². The number of rotatable bonds is 5. The van der Waals surface area contributed by atoms with Gasteiger partial charge in [-0.15, -0.1) is 0 Å². The maximum Gasteiger partial charge on any atom is 0.418 e. The zero-order chi connectivity index (χ0) is 18.0. The Balaban J connectivity index is 2.24. The molecule has 0 unspecified atom stereocenters. The summed E-state index contributed by atoms with van der Waals surface area (Å²) in [5.41, 5.74) is -0.323. The van der Waals surface area contributed by atoms with Crippen molar-refractivity contribution in [3.63, 3.8) is 0 Å². The molecule has 2 N–H and O–H groups in total. The molecule has 0 radical (unpaired) electrons. The van der Waals surface area contributed by atoms with Gasteiger partial charge in [-0.2, -0.15) is 13.2 Å². The summed E-state index contributed by atoms with van der Waals surface area (Å²) in [4.78, 5) is 0. The number of anilines is 3. The van der Waals surface area contributed by atoms with E-state index >= 15 is 0 Å². The van der Waals surface area contributed by atoms with E-state index in [4.69, 9.17) is 11.6 Å². The first-order valence-electron chi connectivity index (χ1n) is 6.85. The van der Waals surface area contributed by atoms with Crippen molar-refractivity contribution in [3.8, 4) is 0 Å². The smallest absolute Gasteiger partial charge is 0.355 e. The van der Waals surface area contributed by atoms with Crippen LogP contribution in [0.3, 0.4) is 0 Å². The van der Waals surface area contributed by atoms with Crippen LogP contribution in [0.2, 0.25) is 5.02 Å². The minimum atomic E-state index is -4.55. The van der Waals surface area contributed by atoms with Gasteiger partial charge >= 0.3 is 6.18 Å².